The summed E-state index contributed by atoms with van der Waals surface area (Å²) < 4.78 is 18.1. The summed E-state index contributed by atoms with van der Waals surface area (Å²) in [6, 6.07) is 18.1. The molecule has 0 aliphatic heterocycles. The lowest BCUT2D eigenvalue weighted by Gasteiger charge is -2.09. The van der Waals surface area contributed by atoms with Crippen molar-refractivity contribution in [2.45, 2.75) is 13.8 Å². The molecule has 0 fully saturated rings. The van der Waals surface area contributed by atoms with Gasteiger partial charge in [0.1, 0.15) is 5.75 Å². The molecule has 0 aliphatic carbocycles. The largest absolute Gasteiger partial charge is 0.497 e. The fourth-order valence-corrected chi connectivity index (χ4v) is 3.02. The number of hydrogen-bond acceptors (Lipinski definition) is 6. The number of ether oxygens (including phenoxy) is 2. The van der Waals surface area contributed by atoms with Gasteiger partial charge in [0.25, 0.3) is 5.91 Å². The highest BCUT2D eigenvalue weighted by atomic mass is 16.5. The number of nitrogens with one attached hydrogen (secondary N) is 1. The van der Waals surface area contributed by atoms with Crippen LogP contribution in [0.15, 0.2) is 71.3 Å². The first kappa shape index (κ1) is 21.2. The summed E-state index contributed by atoms with van der Waals surface area (Å²) in [4.78, 5) is 17.2. The van der Waals surface area contributed by atoms with Gasteiger partial charge >= 0.3 is 6.01 Å². The molecule has 8 heteroatoms. The topological polar surface area (TPSA) is 91.4 Å². The predicted molar refractivity (Wildman–Crippen MR) is 120 cm³/mol. The lowest BCUT2D eigenvalue weighted by molar-refractivity contribution is 0.102. The highest BCUT2D eigenvalue weighted by Gasteiger charge is 2.18. The number of amides is 1. The minimum absolute atomic E-state index is 0.244. The number of aromatic nitrogens is 3. The van der Waals surface area contributed by atoms with E-state index in [4.69, 9.17) is 13.9 Å². The Morgan fingerprint density at radius 3 is 2.72 bits per heavy atom. The number of nitrogens with zero attached hydrogens (tertiary/aromatic N) is 3. The molecular formula is C24H24N4O4. The quantitative estimate of drug-likeness (QED) is 0.429. The number of furan rings is 1. The Bertz CT molecular complexity index is 1200. The van der Waals surface area contributed by atoms with Gasteiger partial charge in [0, 0.05) is 11.3 Å². The van der Waals surface area contributed by atoms with Gasteiger partial charge in [-0.2, -0.15) is 4.98 Å². The lowest BCUT2D eigenvalue weighted by Crippen LogP contribution is -2.12. The molecule has 0 saturated carbocycles. The summed E-state index contributed by atoms with van der Waals surface area (Å²) in [5, 5.41) is 7.41. The first-order valence-electron chi connectivity index (χ1n) is 10.2. The second kappa shape index (κ2) is 9.38. The number of carbonyl (C=O) groups is 1. The molecule has 0 saturated heterocycles. The molecule has 1 N–H and O–H groups in total. The highest BCUT2D eigenvalue weighted by molar-refractivity contribution is 6.04. The molecule has 0 aliphatic rings. The van der Waals surface area contributed by atoms with Crippen LogP contribution in [0.5, 0.6) is 11.8 Å². The number of methoxy groups -OCH3 is 1. The summed E-state index contributed by atoms with van der Waals surface area (Å²) in [5.41, 5.74) is 1.81. The number of carbonyl (C=O) groups excluding carboxylic acids is 1. The number of anilines is 1. The summed E-state index contributed by atoms with van der Waals surface area (Å²) in [6.45, 7) is 4.61. The van der Waals surface area contributed by atoms with Crippen molar-refractivity contribution in [3.8, 4) is 29.0 Å². The Morgan fingerprint density at radius 2 is 1.97 bits per heavy atom. The second-order valence-corrected chi connectivity index (χ2v) is 7.55. The molecule has 2 heterocycles. The van der Waals surface area contributed by atoms with Crippen LogP contribution >= 0.6 is 0 Å². The summed E-state index contributed by atoms with van der Waals surface area (Å²) in [7, 11) is 1.56. The summed E-state index contributed by atoms with van der Waals surface area (Å²) in [5.74, 6) is 1.77. The molecule has 0 atom stereocenters. The van der Waals surface area contributed by atoms with E-state index in [1.165, 1.54) is 0 Å². The molecule has 0 radical (unpaired) electrons. The van der Waals surface area contributed by atoms with Crippen molar-refractivity contribution in [2.75, 3.05) is 19.0 Å². The van der Waals surface area contributed by atoms with Gasteiger partial charge in [-0.05, 0) is 54.4 Å². The van der Waals surface area contributed by atoms with Crippen LogP contribution in [0, 0.1) is 5.92 Å². The van der Waals surface area contributed by atoms with Crippen molar-refractivity contribution in [3.05, 3.63) is 72.5 Å². The van der Waals surface area contributed by atoms with Crippen LogP contribution in [0.3, 0.4) is 0 Å². The standard InChI is InChI=1S/C24H24N4O4/c1-16(2)15-32-24-26-22(21-11-6-12-31-21)28(27-24)19-9-5-8-18(14-19)25-23(29)17-7-4-10-20(13-17)30-3/h4-14,16H,15H2,1-3H3,(H,25,29). The number of benzene rings is 2. The monoisotopic (exact) mass is 432 g/mol. The van der Waals surface area contributed by atoms with Gasteiger partial charge in [-0.1, -0.05) is 26.0 Å². The van der Waals surface area contributed by atoms with E-state index in [1.807, 2.05) is 18.2 Å². The van der Waals surface area contributed by atoms with Crippen LogP contribution in [0.25, 0.3) is 17.3 Å². The first-order valence-corrected chi connectivity index (χ1v) is 10.2. The minimum Gasteiger partial charge on any atom is -0.497 e. The molecule has 2 aromatic heterocycles. The lowest BCUT2D eigenvalue weighted by atomic mass is 10.2. The van der Waals surface area contributed by atoms with E-state index in [2.05, 4.69) is 29.2 Å². The molecule has 8 nitrogen and oxygen atoms in total. The van der Waals surface area contributed by atoms with E-state index < -0.39 is 0 Å². The van der Waals surface area contributed by atoms with Crippen molar-refractivity contribution >= 4 is 11.6 Å². The van der Waals surface area contributed by atoms with Crippen LogP contribution in [0.4, 0.5) is 5.69 Å². The van der Waals surface area contributed by atoms with Crippen LogP contribution in [0.2, 0.25) is 0 Å². The molecule has 4 aromatic rings. The Hall–Kier alpha value is -4.07. The van der Waals surface area contributed by atoms with E-state index in [-0.39, 0.29) is 11.9 Å². The van der Waals surface area contributed by atoms with Gasteiger partial charge in [0.2, 0.25) is 5.82 Å². The Kier molecular flexibility index (Phi) is 6.21. The smallest absolute Gasteiger partial charge is 0.336 e. The van der Waals surface area contributed by atoms with E-state index in [1.54, 1.807) is 60.5 Å². The zero-order chi connectivity index (χ0) is 22.5. The third kappa shape index (κ3) is 4.80. The van der Waals surface area contributed by atoms with Gasteiger partial charge in [-0.3, -0.25) is 4.79 Å². The molecule has 2 aromatic carbocycles. The maximum atomic E-state index is 12.7. The van der Waals surface area contributed by atoms with Crippen LogP contribution < -0.4 is 14.8 Å². The van der Waals surface area contributed by atoms with Gasteiger partial charge < -0.3 is 19.2 Å². The normalized spacial score (nSPS) is 10.9. The highest BCUT2D eigenvalue weighted by Crippen LogP contribution is 2.26. The Labute approximate surface area is 185 Å². The molecular weight excluding hydrogens is 408 g/mol. The van der Waals surface area contributed by atoms with Crippen molar-refractivity contribution in [3.63, 3.8) is 0 Å². The molecule has 1 amide bonds. The predicted octanol–water partition coefficient (Wildman–Crippen LogP) is 4.82. The molecule has 0 bridgehead atoms. The minimum atomic E-state index is -0.244. The Morgan fingerprint density at radius 1 is 1.12 bits per heavy atom. The fraction of sp³-hybridized carbons (Fsp3) is 0.208. The van der Waals surface area contributed by atoms with Crippen molar-refractivity contribution < 1.29 is 18.7 Å². The molecule has 164 valence electrons. The van der Waals surface area contributed by atoms with Gasteiger partial charge in [-0.15, -0.1) is 5.10 Å². The number of rotatable bonds is 8. The molecule has 0 unspecified atom stereocenters. The molecule has 32 heavy (non-hydrogen) atoms. The number of hydrogen-bond donors (Lipinski definition) is 1. The zero-order valence-corrected chi connectivity index (χ0v) is 18.1. The average Bonchev–Trinajstić information content (AvgIpc) is 3.48. The van der Waals surface area contributed by atoms with Crippen LogP contribution in [-0.4, -0.2) is 34.4 Å². The third-order valence-electron chi connectivity index (χ3n) is 4.56. The van der Waals surface area contributed by atoms with Crippen molar-refractivity contribution in [1.29, 1.82) is 0 Å². The van der Waals surface area contributed by atoms with E-state index in [0.717, 1.165) is 0 Å². The molecule has 4 rings (SSSR count). The zero-order valence-electron chi connectivity index (χ0n) is 18.1. The van der Waals surface area contributed by atoms with Crippen molar-refractivity contribution in [2.24, 2.45) is 5.92 Å². The van der Waals surface area contributed by atoms with Gasteiger partial charge in [-0.25, -0.2) is 4.68 Å². The van der Waals surface area contributed by atoms with Crippen molar-refractivity contribution in [1.82, 2.24) is 14.8 Å². The third-order valence-corrected chi connectivity index (χ3v) is 4.56. The van der Waals surface area contributed by atoms with Crippen LogP contribution in [0.1, 0.15) is 24.2 Å². The van der Waals surface area contributed by atoms with Crippen LogP contribution in [-0.2, 0) is 0 Å². The second-order valence-electron chi connectivity index (χ2n) is 7.55. The summed E-state index contributed by atoms with van der Waals surface area (Å²) in [6.07, 6.45) is 1.58. The molecule has 0 spiro atoms. The maximum Gasteiger partial charge on any atom is 0.336 e. The van der Waals surface area contributed by atoms with E-state index in [0.29, 0.717) is 46.8 Å². The fourth-order valence-electron chi connectivity index (χ4n) is 3.02. The average molecular weight is 432 g/mol. The van der Waals surface area contributed by atoms with E-state index >= 15 is 0 Å². The summed E-state index contributed by atoms with van der Waals surface area (Å²) >= 11 is 0. The first-order chi connectivity index (χ1) is 15.5. The van der Waals surface area contributed by atoms with Gasteiger partial charge in [0.15, 0.2) is 5.76 Å². The van der Waals surface area contributed by atoms with E-state index in [9.17, 15) is 4.79 Å². The SMILES string of the molecule is COc1cccc(C(=O)Nc2cccc(-n3nc(OCC(C)C)nc3-c3ccco3)c2)c1. The Balaban J connectivity index is 1.63. The van der Waals surface area contributed by atoms with Gasteiger partial charge in [0.05, 0.1) is 25.7 Å². The maximum absolute atomic E-state index is 12.7.